The number of amides is 1. The highest BCUT2D eigenvalue weighted by Crippen LogP contribution is 2.38. The van der Waals surface area contributed by atoms with Gasteiger partial charge in [-0.15, -0.1) is 0 Å². The van der Waals surface area contributed by atoms with Crippen molar-refractivity contribution in [2.24, 2.45) is 0 Å². The Morgan fingerprint density at radius 1 is 1.19 bits per heavy atom. The zero-order valence-electron chi connectivity index (χ0n) is 18.0. The number of nitrogens with zero attached hydrogens (tertiary/aromatic N) is 2. The Hall–Kier alpha value is -3.81. The van der Waals surface area contributed by atoms with Gasteiger partial charge in [-0.3, -0.25) is 9.59 Å². The van der Waals surface area contributed by atoms with Gasteiger partial charge in [0.25, 0.3) is 11.5 Å². The fourth-order valence-electron chi connectivity index (χ4n) is 3.50. The zero-order valence-corrected chi connectivity index (χ0v) is 18.0. The predicted octanol–water partition coefficient (Wildman–Crippen LogP) is 3.30. The molecule has 0 bridgehead atoms. The van der Waals surface area contributed by atoms with Crippen molar-refractivity contribution < 1.29 is 19.0 Å². The second kappa shape index (κ2) is 9.55. The van der Waals surface area contributed by atoms with Crippen molar-refractivity contribution in [1.82, 2.24) is 9.78 Å². The Morgan fingerprint density at radius 2 is 2.00 bits per heavy atom. The maximum Gasteiger partial charge on any atom is 0.276 e. The molecule has 0 aliphatic carbocycles. The molecule has 0 spiro atoms. The van der Waals surface area contributed by atoms with Crippen molar-refractivity contribution in [1.29, 1.82) is 0 Å². The third kappa shape index (κ3) is 4.91. The number of fused-ring (bicyclic) bond motifs is 1. The van der Waals surface area contributed by atoms with Gasteiger partial charge in [-0.25, -0.2) is 4.68 Å². The Bertz CT molecular complexity index is 1160. The summed E-state index contributed by atoms with van der Waals surface area (Å²) < 4.78 is 18.4. The van der Waals surface area contributed by atoms with Crippen LogP contribution >= 0.6 is 0 Å². The molecule has 2 heterocycles. The summed E-state index contributed by atoms with van der Waals surface area (Å²) in [5.74, 6) is 1.55. The highest BCUT2D eigenvalue weighted by molar-refractivity contribution is 6.03. The molecule has 3 aromatic rings. The first-order valence-electron chi connectivity index (χ1n) is 10.6. The minimum Gasteiger partial charge on any atom is -0.492 e. The van der Waals surface area contributed by atoms with Crippen molar-refractivity contribution in [3.8, 4) is 17.2 Å². The highest BCUT2D eigenvalue weighted by Gasteiger charge is 2.23. The van der Waals surface area contributed by atoms with Crippen molar-refractivity contribution in [2.45, 2.75) is 32.9 Å². The van der Waals surface area contributed by atoms with Crippen LogP contribution in [0.15, 0.2) is 59.4 Å². The number of hydrogen-bond acceptors (Lipinski definition) is 6. The van der Waals surface area contributed by atoms with Gasteiger partial charge in [0.05, 0.1) is 18.8 Å². The molecule has 2 aromatic carbocycles. The van der Waals surface area contributed by atoms with E-state index in [1.165, 1.54) is 16.8 Å². The van der Waals surface area contributed by atoms with Gasteiger partial charge in [-0.2, -0.15) is 5.10 Å². The molecular formula is C24H25N3O5. The van der Waals surface area contributed by atoms with E-state index in [1.54, 1.807) is 6.07 Å². The SMILES string of the molecule is CCOc1cc2c(cc1NC(=O)c1ccc(=O)n(CCOc3ccccc3)n1)OC(C)C2. The zero-order chi connectivity index (χ0) is 22.5. The van der Waals surface area contributed by atoms with E-state index in [0.717, 1.165) is 17.7 Å². The number of nitrogens with one attached hydrogen (secondary N) is 1. The van der Waals surface area contributed by atoms with Gasteiger partial charge in [0.15, 0.2) is 0 Å². The number of anilines is 1. The molecule has 1 aliphatic rings. The van der Waals surface area contributed by atoms with Crippen LogP contribution in [0.25, 0.3) is 0 Å². The van der Waals surface area contributed by atoms with Crippen molar-refractivity contribution >= 4 is 11.6 Å². The number of rotatable bonds is 8. The summed E-state index contributed by atoms with van der Waals surface area (Å²) in [6.45, 7) is 4.79. The minimum absolute atomic E-state index is 0.0776. The first-order chi connectivity index (χ1) is 15.5. The number of carbonyl (C=O) groups excluding carboxylic acids is 1. The quantitative estimate of drug-likeness (QED) is 0.584. The summed E-state index contributed by atoms with van der Waals surface area (Å²) in [6.07, 6.45) is 0.870. The van der Waals surface area contributed by atoms with E-state index in [4.69, 9.17) is 14.2 Å². The van der Waals surface area contributed by atoms with Crippen molar-refractivity contribution in [2.75, 3.05) is 18.5 Å². The molecule has 0 fully saturated rings. The van der Waals surface area contributed by atoms with Gasteiger partial charge < -0.3 is 19.5 Å². The number of carbonyl (C=O) groups is 1. The van der Waals surface area contributed by atoms with Crippen molar-refractivity contribution in [3.05, 3.63) is 76.2 Å². The third-order valence-corrected chi connectivity index (χ3v) is 4.96. The van der Waals surface area contributed by atoms with E-state index in [1.807, 2.05) is 50.2 Å². The molecule has 8 nitrogen and oxygen atoms in total. The van der Waals surface area contributed by atoms with Crippen LogP contribution in [0.5, 0.6) is 17.2 Å². The second-order valence-electron chi connectivity index (χ2n) is 7.42. The van der Waals surface area contributed by atoms with Crippen molar-refractivity contribution in [3.63, 3.8) is 0 Å². The monoisotopic (exact) mass is 435 g/mol. The van der Waals surface area contributed by atoms with E-state index >= 15 is 0 Å². The number of aromatic nitrogens is 2. The normalized spacial score (nSPS) is 14.4. The molecule has 1 aliphatic heterocycles. The van der Waals surface area contributed by atoms with E-state index in [2.05, 4.69) is 10.4 Å². The number of benzene rings is 2. The molecule has 1 unspecified atom stereocenters. The lowest BCUT2D eigenvalue weighted by Crippen LogP contribution is -2.28. The van der Waals surface area contributed by atoms with Crippen LogP contribution in [-0.2, 0) is 13.0 Å². The van der Waals surface area contributed by atoms with Crippen LogP contribution in [0.1, 0.15) is 29.9 Å². The van der Waals surface area contributed by atoms with Crippen LogP contribution in [0.2, 0.25) is 0 Å². The second-order valence-corrected chi connectivity index (χ2v) is 7.42. The summed E-state index contributed by atoms with van der Waals surface area (Å²) in [6, 6.07) is 15.7. The Kier molecular flexibility index (Phi) is 6.39. The fourth-order valence-corrected chi connectivity index (χ4v) is 3.50. The molecule has 0 saturated carbocycles. The first kappa shape index (κ1) is 21.4. The predicted molar refractivity (Wildman–Crippen MR) is 120 cm³/mol. The molecule has 4 rings (SSSR count). The minimum atomic E-state index is -0.449. The smallest absolute Gasteiger partial charge is 0.276 e. The number of para-hydroxylation sites is 1. The Balaban J connectivity index is 1.48. The fraction of sp³-hybridized carbons (Fsp3) is 0.292. The molecule has 1 atom stereocenters. The molecule has 1 amide bonds. The maximum atomic E-state index is 12.9. The van der Waals surface area contributed by atoms with E-state index in [9.17, 15) is 9.59 Å². The van der Waals surface area contributed by atoms with Crippen LogP contribution < -0.4 is 25.1 Å². The summed E-state index contributed by atoms with van der Waals surface area (Å²) in [4.78, 5) is 25.0. The van der Waals surface area contributed by atoms with Gasteiger partial charge in [0, 0.05) is 24.1 Å². The average Bonchev–Trinajstić information content (AvgIpc) is 3.15. The van der Waals surface area contributed by atoms with E-state index in [0.29, 0.717) is 23.8 Å². The summed E-state index contributed by atoms with van der Waals surface area (Å²) >= 11 is 0. The molecule has 8 heteroatoms. The van der Waals surface area contributed by atoms with Gasteiger partial charge in [0.2, 0.25) is 0 Å². The largest absolute Gasteiger partial charge is 0.492 e. The standard InChI is InChI=1S/C24H25N3O5/c1-3-30-22-14-17-13-16(2)32-21(17)15-20(22)25-24(29)19-9-10-23(28)27(26-19)11-12-31-18-7-5-4-6-8-18/h4-10,14-16H,3,11-13H2,1-2H3,(H,25,29). The van der Waals surface area contributed by atoms with Gasteiger partial charge >= 0.3 is 0 Å². The molecule has 166 valence electrons. The van der Waals surface area contributed by atoms with Crippen LogP contribution in [-0.4, -0.2) is 35.0 Å². The van der Waals surface area contributed by atoms with Crippen LogP contribution in [0.3, 0.4) is 0 Å². The first-order valence-corrected chi connectivity index (χ1v) is 10.6. The van der Waals surface area contributed by atoms with E-state index < -0.39 is 5.91 Å². The molecule has 32 heavy (non-hydrogen) atoms. The molecule has 0 radical (unpaired) electrons. The third-order valence-electron chi connectivity index (χ3n) is 4.96. The molecule has 1 aromatic heterocycles. The molecule has 0 saturated heterocycles. The summed E-state index contributed by atoms with van der Waals surface area (Å²) in [5.41, 5.74) is 1.34. The Labute approximate surface area is 185 Å². The van der Waals surface area contributed by atoms with E-state index in [-0.39, 0.29) is 30.5 Å². The molecular weight excluding hydrogens is 410 g/mol. The lowest BCUT2D eigenvalue weighted by Gasteiger charge is -2.14. The topological polar surface area (TPSA) is 91.7 Å². The summed E-state index contributed by atoms with van der Waals surface area (Å²) in [5, 5.41) is 7.03. The average molecular weight is 435 g/mol. The lowest BCUT2D eigenvalue weighted by atomic mass is 10.1. The number of hydrogen-bond donors (Lipinski definition) is 1. The number of ether oxygens (including phenoxy) is 3. The van der Waals surface area contributed by atoms with Gasteiger partial charge in [0.1, 0.15) is 35.7 Å². The molecule has 1 N–H and O–H groups in total. The maximum absolute atomic E-state index is 12.9. The Morgan fingerprint density at radius 3 is 2.78 bits per heavy atom. The highest BCUT2D eigenvalue weighted by atomic mass is 16.5. The van der Waals surface area contributed by atoms with Crippen LogP contribution in [0, 0.1) is 0 Å². The lowest BCUT2D eigenvalue weighted by molar-refractivity contribution is 0.101. The van der Waals surface area contributed by atoms with Gasteiger partial charge in [-0.05, 0) is 38.1 Å². The summed E-state index contributed by atoms with van der Waals surface area (Å²) in [7, 11) is 0. The van der Waals surface area contributed by atoms with Gasteiger partial charge in [-0.1, -0.05) is 18.2 Å². The van der Waals surface area contributed by atoms with Crippen LogP contribution in [0.4, 0.5) is 5.69 Å².